The van der Waals surface area contributed by atoms with Crippen LogP contribution in [0, 0.1) is 5.92 Å². The third-order valence-electron chi connectivity index (χ3n) is 6.88. The molecule has 1 aromatic heterocycles. The Bertz CT molecular complexity index is 972. The van der Waals surface area contributed by atoms with Crippen molar-refractivity contribution in [2.75, 3.05) is 31.5 Å². The maximum atomic E-state index is 13.0. The minimum Gasteiger partial charge on any atom is -0.481 e. The number of fused-ring (bicyclic) bond motifs is 1. The van der Waals surface area contributed by atoms with Gasteiger partial charge in [0, 0.05) is 18.8 Å². The number of carbonyl (C=O) groups is 2. The van der Waals surface area contributed by atoms with Crippen molar-refractivity contribution >= 4 is 30.1 Å². The third-order valence-corrected chi connectivity index (χ3v) is 6.88. The number of aliphatic carboxylic acids is 1. The lowest BCUT2D eigenvalue weighted by atomic mass is 9.95. The number of pyridine rings is 1. The average molecular weight is 501 g/mol. The van der Waals surface area contributed by atoms with Crippen LogP contribution in [0.5, 0.6) is 0 Å². The summed E-state index contributed by atoms with van der Waals surface area (Å²) < 4.78 is 0. The fraction of sp³-hybridized carbons (Fsp3) is 0.519. The van der Waals surface area contributed by atoms with Gasteiger partial charge < -0.3 is 20.6 Å². The van der Waals surface area contributed by atoms with Crippen LogP contribution in [0.25, 0.3) is 0 Å². The zero-order valence-electron chi connectivity index (χ0n) is 20.2. The molecular formula is C27H37ClN4O3. The van der Waals surface area contributed by atoms with E-state index in [1.807, 2.05) is 30.3 Å². The second-order valence-electron chi connectivity index (χ2n) is 9.51. The van der Waals surface area contributed by atoms with Gasteiger partial charge in [0.05, 0.1) is 18.4 Å². The number of aryl methyl sites for hydroxylation is 2. The molecule has 1 amide bonds. The molecule has 2 atom stereocenters. The lowest BCUT2D eigenvalue weighted by Crippen LogP contribution is -2.44. The average Bonchev–Trinajstić information content (AvgIpc) is 2.86. The molecule has 0 saturated carbocycles. The Balaban J connectivity index is 0.00000342. The van der Waals surface area contributed by atoms with E-state index in [0.717, 1.165) is 81.8 Å². The number of benzene rings is 1. The standard InChI is InChI=1S/C27H36N4O3.ClH/c32-25(33)18-24(20-8-2-1-3-9-20)30-27(34)22-11-7-17-31(19-22)16-5-4-12-23-14-13-21-10-6-15-28-26(21)29-23;/h1-3,8-9,13-14,22,24H,4-7,10-12,15-19H2,(H,28,29)(H,30,34)(H,32,33);1H. The molecule has 0 spiro atoms. The van der Waals surface area contributed by atoms with Crippen LogP contribution in [-0.2, 0) is 22.4 Å². The highest BCUT2D eigenvalue weighted by molar-refractivity contribution is 5.85. The van der Waals surface area contributed by atoms with Crippen molar-refractivity contribution in [3.63, 3.8) is 0 Å². The Morgan fingerprint density at radius 3 is 2.77 bits per heavy atom. The molecule has 0 aliphatic carbocycles. The molecule has 4 rings (SSSR count). The predicted octanol–water partition coefficient (Wildman–Crippen LogP) is 4.23. The van der Waals surface area contributed by atoms with E-state index in [-0.39, 0.29) is 30.7 Å². The minimum atomic E-state index is -0.913. The Morgan fingerprint density at radius 1 is 1.14 bits per heavy atom. The van der Waals surface area contributed by atoms with Gasteiger partial charge in [-0.2, -0.15) is 0 Å². The summed E-state index contributed by atoms with van der Waals surface area (Å²) in [6.07, 6.45) is 7.14. The van der Waals surface area contributed by atoms with Crippen LogP contribution >= 0.6 is 12.4 Å². The van der Waals surface area contributed by atoms with Crippen LogP contribution in [-0.4, -0.2) is 53.0 Å². The van der Waals surface area contributed by atoms with Gasteiger partial charge in [0.15, 0.2) is 0 Å². The first-order valence-corrected chi connectivity index (χ1v) is 12.6. The van der Waals surface area contributed by atoms with Gasteiger partial charge in [-0.05, 0) is 75.2 Å². The van der Waals surface area contributed by atoms with Gasteiger partial charge in [0.1, 0.15) is 5.82 Å². The van der Waals surface area contributed by atoms with Crippen molar-refractivity contribution < 1.29 is 14.7 Å². The van der Waals surface area contributed by atoms with Gasteiger partial charge in [-0.1, -0.05) is 36.4 Å². The molecule has 2 aliphatic heterocycles. The number of amides is 1. The molecule has 0 radical (unpaired) electrons. The fourth-order valence-corrected chi connectivity index (χ4v) is 5.02. The summed E-state index contributed by atoms with van der Waals surface area (Å²) in [7, 11) is 0. The van der Waals surface area contributed by atoms with Crippen LogP contribution < -0.4 is 10.6 Å². The zero-order valence-corrected chi connectivity index (χ0v) is 21.1. The number of piperidine rings is 1. The molecule has 2 aliphatic rings. The number of hydrogen-bond donors (Lipinski definition) is 3. The number of carbonyl (C=O) groups excluding carboxylic acids is 1. The molecule has 8 heteroatoms. The number of anilines is 1. The van der Waals surface area contributed by atoms with Gasteiger partial charge >= 0.3 is 5.97 Å². The van der Waals surface area contributed by atoms with Gasteiger partial charge in [-0.15, -0.1) is 12.4 Å². The molecular weight excluding hydrogens is 464 g/mol. The summed E-state index contributed by atoms with van der Waals surface area (Å²) in [5, 5.41) is 15.7. The smallest absolute Gasteiger partial charge is 0.305 e. The lowest BCUT2D eigenvalue weighted by Gasteiger charge is -2.33. The lowest BCUT2D eigenvalue weighted by molar-refractivity contribution is -0.138. The van der Waals surface area contributed by atoms with Crippen LogP contribution in [0.2, 0.25) is 0 Å². The number of nitrogens with zero attached hydrogens (tertiary/aromatic N) is 2. The molecule has 1 aromatic carbocycles. The summed E-state index contributed by atoms with van der Waals surface area (Å²) in [6, 6.07) is 13.2. The number of carboxylic acid groups (broad SMARTS) is 1. The Morgan fingerprint density at radius 2 is 1.97 bits per heavy atom. The molecule has 1 saturated heterocycles. The summed E-state index contributed by atoms with van der Waals surface area (Å²) in [4.78, 5) is 31.5. The highest BCUT2D eigenvalue weighted by atomic mass is 35.5. The van der Waals surface area contributed by atoms with Crippen molar-refractivity contribution in [1.29, 1.82) is 0 Å². The maximum absolute atomic E-state index is 13.0. The van der Waals surface area contributed by atoms with Crippen LogP contribution in [0.4, 0.5) is 5.82 Å². The number of nitrogens with one attached hydrogen (secondary N) is 2. The molecule has 0 bridgehead atoms. The monoisotopic (exact) mass is 500 g/mol. The van der Waals surface area contributed by atoms with E-state index < -0.39 is 12.0 Å². The quantitative estimate of drug-likeness (QED) is 0.423. The first kappa shape index (κ1) is 27.0. The molecule has 2 aromatic rings. The Labute approximate surface area is 214 Å². The van der Waals surface area contributed by atoms with Crippen LogP contribution in [0.1, 0.15) is 61.4 Å². The SMILES string of the molecule is Cl.O=C(O)CC(NC(=O)C1CCCN(CCCCc2ccc3c(n2)NCCC3)C1)c1ccccc1. The normalized spacial score (nSPS) is 18.5. The van der Waals surface area contributed by atoms with E-state index in [2.05, 4.69) is 27.7 Å². The third kappa shape index (κ3) is 7.94. The summed E-state index contributed by atoms with van der Waals surface area (Å²) in [6.45, 7) is 3.74. The van der Waals surface area contributed by atoms with Crippen molar-refractivity contribution in [2.45, 2.75) is 57.4 Å². The van der Waals surface area contributed by atoms with E-state index >= 15 is 0 Å². The first-order chi connectivity index (χ1) is 16.6. The van der Waals surface area contributed by atoms with Gasteiger partial charge in [0.25, 0.3) is 0 Å². The van der Waals surface area contributed by atoms with Crippen molar-refractivity contribution in [1.82, 2.24) is 15.2 Å². The molecule has 1 fully saturated rings. The predicted molar refractivity (Wildman–Crippen MR) is 140 cm³/mol. The number of aromatic nitrogens is 1. The van der Waals surface area contributed by atoms with E-state index in [1.54, 1.807) is 0 Å². The number of unbranched alkanes of at least 4 members (excludes halogenated alkanes) is 1. The highest BCUT2D eigenvalue weighted by Crippen LogP contribution is 2.23. The van der Waals surface area contributed by atoms with Crippen molar-refractivity contribution in [3.8, 4) is 0 Å². The molecule has 35 heavy (non-hydrogen) atoms. The summed E-state index contributed by atoms with van der Waals surface area (Å²) in [5.74, 6) is 0.0154. The van der Waals surface area contributed by atoms with Crippen LogP contribution in [0.15, 0.2) is 42.5 Å². The number of rotatable bonds is 10. The van der Waals surface area contributed by atoms with E-state index in [9.17, 15) is 14.7 Å². The van der Waals surface area contributed by atoms with Gasteiger partial charge in [0.2, 0.25) is 5.91 Å². The maximum Gasteiger partial charge on any atom is 0.305 e. The van der Waals surface area contributed by atoms with Gasteiger partial charge in [-0.3, -0.25) is 9.59 Å². The van der Waals surface area contributed by atoms with E-state index in [4.69, 9.17) is 4.98 Å². The fourth-order valence-electron chi connectivity index (χ4n) is 5.02. The number of carboxylic acids is 1. The largest absolute Gasteiger partial charge is 0.481 e. The molecule has 2 unspecified atom stereocenters. The summed E-state index contributed by atoms with van der Waals surface area (Å²) >= 11 is 0. The second-order valence-corrected chi connectivity index (χ2v) is 9.51. The van der Waals surface area contributed by atoms with Crippen molar-refractivity contribution in [2.24, 2.45) is 5.92 Å². The minimum absolute atomic E-state index is 0. The van der Waals surface area contributed by atoms with Crippen LogP contribution in [0.3, 0.4) is 0 Å². The molecule has 3 N–H and O–H groups in total. The van der Waals surface area contributed by atoms with E-state index in [1.165, 1.54) is 12.0 Å². The van der Waals surface area contributed by atoms with Gasteiger partial charge in [-0.25, -0.2) is 4.98 Å². The highest BCUT2D eigenvalue weighted by Gasteiger charge is 2.28. The first-order valence-electron chi connectivity index (χ1n) is 12.6. The molecule has 190 valence electrons. The molecule has 7 nitrogen and oxygen atoms in total. The molecule has 3 heterocycles. The Kier molecular flexibility index (Phi) is 10.4. The van der Waals surface area contributed by atoms with Crippen molar-refractivity contribution in [3.05, 3.63) is 59.3 Å². The zero-order chi connectivity index (χ0) is 23.8. The number of halogens is 1. The van der Waals surface area contributed by atoms with E-state index in [0.29, 0.717) is 0 Å². The Hall–Kier alpha value is -2.64. The topological polar surface area (TPSA) is 94.6 Å². The number of hydrogen-bond acceptors (Lipinski definition) is 5. The second kappa shape index (κ2) is 13.4. The summed E-state index contributed by atoms with van der Waals surface area (Å²) in [5.41, 5.74) is 3.30. The number of likely N-dealkylation sites (tertiary alicyclic amines) is 1.